The van der Waals surface area contributed by atoms with Gasteiger partial charge in [-0.1, -0.05) is 0 Å². The molecule has 100 valence electrons. The molecule has 2 aliphatic heterocycles. The Labute approximate surface area is 109 Å². The zero-order valence-corrected chi connectivity index (χ0v) is 10.5. The zero-order chi connectivity index (χ0) is 12.8. The highest BCUT2D eigenvalue weighted by molar-refractivity contribution is 5.26. The summed E-state index contributed by atoms with van der Waals surface area (Å²) in [6.45, 7) is 4.00. The SMILES string of the molecule is O=c1cc(CN2CC[C@H]3CNC[C@H]32)nc2nc[nH]n12. The number of rotatable bonds is 2. The molecule has 0 aliphatic carbocycles. The quantitative estimate of drug-likeness (QED) is 0.740. The molecule has 2 fully saturated rings. The summed E-state index contributed by atoms with van der Waals surface area (Å²) in [6, 6.07) is 2.19. The van der Waals surface area contributed by atoms with Crippen LogP contribution in [0.25, 0.3) is 5.78 Å². The molecule has 19 heavy (non-hydrogen) atoms. The first-order valence-corrected chi connectivity index (χ1v) is 6.68. The van der Waals surface area contributed by atoms with Crippen molar-refractivity contribution in [3.63, 3.8) is 0 Å². The molecule has 0 spiro atoms. The fourth-order valence-corrected chi connectivity index (χ4v) is 3.29. The highest BCUT2D eigenvalue weighted by Gasteiger charge is 2.37. The molecule has 7 nitrogen and oxygen atoms in total. The Morgan fingerprint density at radius 2 is 2.37 bits per heavy atom. The summed E-state index contributed by atoms with van der Waals surface area (Å²) in [5.74, 6) is 1.21. The molecule has 4 rings (SSSR count). The predicted molar refractivity (Wildman–Crippen MR) is 68.8 cm³/mol. The lowest BCUT2D eigenvalue weighted by atomic mass is 10.1. The van der Waals surface area contributed by atoms with Gasteiger partial charge < -0.3 is 5.32 Å². The van der Waals surface area contributed by atoms with Gasteiger partial charge >= 0.3 is 0 Å². The van der Waals surface area contributed by atoms with Crippen molar-refractivity contribution in [3.8, 4) is 0 Å². The summed E-state index contributed by atoms with van der Waals surface area (Å²) in [5.41, 5.74) is 0.711. The third kappa shape index (κ3) is 1.77. The fourth-order valence-electron chi connectivity index (χ4n) is 3.29. The molecule has 0 bridgehead atoms. The van der Waals surface area contributed by atoms with E-state index >= 15 is 0 Å². The minimum Gasteiger partial charge on any atom is -0.315 e. The minimum atomic E-state index is -0.0993. The van der Waals surface area contributed by atoms with Crippen LogP contribution in [0.1, 0.15) is 12.1 Å². The van der Waals surface area contributed by atoms with E-state index in [1.54, 1.807) is 6.07 Å². The molecule has 4 heterocycles. The van der Waals surface area contributed by atoms with Crippen molar-refractivity contribution < 1.29 is 0 Å². The maximum absolute atomic E-state index is 11.9. The number of fused-ring (bicyclic) bond motifs is 2. The predicted octanol–water partition coefficient (Wildman–Crippen LogP) is -0.789. The third-order valence-corrected chi connectivity index (χ3v) is 4.25. The molecule has 2 aromatic rings. The number of hydrogen-bond donors (Lipinski definition) is 2. The van der Waals surface area contributed by atoms with Gasteiger partial charge in [-0.15, -0.1) is 0 Å². The van der Waals surface area contributed by atoms with Crippen molar-refractivity contribution in [2.24, 2.45) is 5.92 Å². The lowest BCUT2D eigenvalue weighted by molar-refractivity contribution is 0.241. The van der Waals surface area contributed by atoms with Crippen LogP contribution in [0.4, 0.5) is 0 Å². The smallest absolute Gasteiger partial charge is 0.274 e. The lowest BCUT2D eigenvalue weighted by Crippen LogP contribution is -2.34. The third-order valence-electron chi connectivity index (χ3n) is 4.25. The first-order chi connectivity index (χ1) is 9.31. The molecule has 2 aromatic heterocycles. The van der Waals surface area contributed by atoms with Gasteiger partial charge in [0.1, 0.15) is 6.33 Å². The number of aromatic amines is 1. The summed E-state index contributed by atoms with van der Waals surface area (Å²) in [6.07, 6.45) is 2.72. The first-order valence-electron chi connectivity index (χ1n) is 6.68. The van der Waals surface area contributed by atoms with Crippen molar-refractivity contribution in [3.05, 3.63) is 28.4 Å². The fraction of sp³-hybridized carbons (Fsp3) is 0.583. The lowest BCUT2D eigenvalue weighted by Gasteiger charge is -2.22. The first kappa shape index (κ1) is 11.1. The Balaban J connectivity index is 1.62. The van der Waals surface area contributed by atoms with Crippen LogP contribution in [-0.4, -0.2) is 50.2 Å². The Morgan fingerprint density at radius 1 is 1.42 bits per heavy atom. The van der Waals surface area contributed by atoms with Crippen molar-refractivity contribution in [2.75, 3.05) is 19.6 Å². The van der Waals surface area contributed by atoms with Crippen LogP contribution < -0.4 is 10.9 Å². The molecule has 0 unspecified atom stereocenters. The summed E-state index contributed by atoms with van der Waals surface area (Å²) in [7, 11) is 0. The van der Waals surface area contributed by atoms with Gasteiger partial charge in [0.15, 0.2) is 0 Å². The van der Waals surface area contributed by atoms with E-state index in [2.05, 4.69) is 25.3 Å². The van der Waals surface area contributed by atoms with E-state index < -0.39 is 0 Å². The summed E-state index contributed by atoms with van der Waals surface area (Å²) < 4.78 is 1.35. The van der Waals surface area contributed by atoms with Gasteiger partial charge in [0.05, 0.1) is 5.69 Å². The van der Waals surface area contributed by atoms with Gasteiger partial charge in [-0.05, 0) is 25.4 Å². The minimum absolute atomic E-state index is 0.0993. The average molecular weight is 260 g/mol. The highest BCUT2D eigenvalue weighted by atomic mass is 16.1. The van der Waals surface area contributed by atoms with Crippen LogP contribution in [0.3, 0.4) is 0 Å². The standard InChI is InChI=1S/C12H16N6O/c19-11-3-9(16-12-14-7-15-18(11)12)6-17-2-1-8-4-13-5-10(8)17/h3,7-8,10,13H,1-2,4-6H2,(H,14,15,16)/t8-,10+/m0/s1. The maximum atomic E-state index is 11.9. The Bertz CT molecular complexity index is 662. The molecule has 2 N–H and O–H groups in total. The molecule has 2 saturated heterocycles. The van der Waals surface area contributed by atoms with E-state index in [4.69, 9.17) is 0 Å². The van der Waals surface area contributed by atoms with Crippen LogP contribution in [0.5, 0.6) is 0 Å². The van der Waals surface area contributed by atoms with Crippen LogP contribution in [-0.2, 0) is 6.54 Å². The van der Waals surface area contributed by atoms with Crippen molar-refractivity contribution >= 4 is 5.78 Å². The second-order valence-corrected chi connectivity index (χ2v) is 5.35. The van der Waals surface area contributed by atoms with E-state index in [1.165, 1.54) is 17.3 Å². The van der Waals surface area contributed by atoms with Gasteiger partial charge in [0.25, 0.3) is 11.3 Å². The molecule has 0 aromatic carbocycles. The molecule has 2 aliphatic rings. The number of aromatic nitrogens is 4. The molecular weight excluding hydrogens is 244 g/mol. The van der Waals surface area contributed by atoms with Gasteiger partial charge in [0.2, 0.25) is 0 Å². The van der Waals surface area contributed by atoms with Crippen molar-refractivity contribution in [1.29, 1.82) is 0 Å². The second-order valence-electron chi connectivity index (χ2n) is 5.35. The number of hydrogen-bond acceptors (Lipinski definition) is 5. The van der Waals surface area contributed by atoms with Crippen LogP contribution in [0, 0.1) is 5.92 Å². The number of H-pyrrole nitrogens is 1. The largest absolute Gasteiger partial charge is 0.315 e. The van der Waals surface area contributed by atoms with Crippen LogP contribution in [0.2, 0.25) is 0 Å². The highest BCUT2D eigenvalue weighted by Crippen LogP contribution is 2.27. The molecule has 0 radical (unpaired) electrons. The van der Waals surface area contributed by atoms with E-state index in [-0.39, 0.29) is 5.56 Å². The summed E-state index contributed by atoms with van der Waals surface area (Å²) in [5, 5.41) is 6.18. The van der Waals surface area contributed by atoms with Gasteiger partial charge in [-0.25, -0.2) is 9.97 Å². The van der Waals surface area contributed by atoms with Gasteiger partial charge in [-0.2, -0.15) is 4.52 Å². The summed E-state index contributed by atoms with van der Waals surface area (Å²) >= 11 is 0. The Morgan fingerprint density at radius 3 is 3.32 bits per heavy atom. The van der Waals surface area contributed by atoms with Crippen LogP contribution in [0.15, 0.2) is 17.2 Å². The number of likely N-dealkylation sites (tertiary alicyclic amines) is 1. The normalized spacial score (nSPS) is 27.2. The molecule has 2 atom stereocenters. The summed E-state index contributed by atoms with van der Waals surface area (Å²) in [4.78, 5) is 22.8. The van der Waals surface area contributed by atoms with E-state index in [0.717, 1.165) is 37.8 Å². The zero-order valence-electron chi connectivity index (χ0n) is 10.5. The number of nitrogens with zero attached hydrogens (tertiary/aromatic N) is 4. The van der Waals surface area contributed by atoms with Gasteiger partial charge in [-0.3, -0.25) is 14.8 Å². The number of nitrogens with one attached hydrogen (secondary N) is 2. The monoisotopic (exact) mass is 260 g/mol. The Kier molecular flexibility index (Phi) is 2.42. The molecule has 0 amide bonds. The molecule has 7 heteroatoms. The second kappa shape index (κ2) is 4.14. The molecule has 0 saturated carbocycles. The average Bonchev–Trinajstić information content (AvgIpc) is 3.06. The van der Waals surface area contributed by atoms with E-state index in [9.17, 15) is 4.79 Å². The van der Waals surface area contributed by atoms with E-state index in [0.29, 0.717) is 11.8 Å². The van der Waals surface area contributed by atoms with Crippen molar-refractivity contribution in [1.82, 2.24) is 29.8 Å². The van der Waals surface area contributed by atoms with E-state index in [1.807, 2.05) is 0 Å². The van der Waals surface area contributed by atoms with Gasteiger partial charge in [0, 0.05) is 25.2 Å². The van der Waals surface area contributed by atoms with Crippen LogP contribution >= 0.6 is 0 Å². The molecular formula is C12H16N6O. The maximum Gasteiger partial charge on any atom is 0.274 e. The van der Waals surface area contributed by atoms with Crippen molar-refractivity contribution in [2.45, 2.75) is 19.0 Å². The topological polar surface area (TPSA) is 78.3 Å². The Hall–Kier alpha value is -1.73.